The van der Waals surface area contributed by atoms with Crippen LogP contribution < -0.4 is 5.32 Å². The Labute approximate surface area is 90.6 Å². The fourth-order valence-electron chi connectivity index (χ4n) is 2.53. The van der Waals surface area contributed by atoms with Crippen LogP contribution in [0.1, 0.15) is 35.4 Å². The standard InChI is InChI=1S/C13H16NO/c1-2-12-8-15-9-13(12)7-11(1)10-3-5-14-6-4-10/h1-2,7,10H,3-6,8-9H2. The highest BCUT2D eigenvalue weighted by atomic mass is 16.5. The van der Waals surface area contributed by atoms with Crippen molar-refractivity contribution in [2.75, 3.05) is 13.1 Å². The van der Waals surface area contributed by atoms with E-state index in [-0.39, 0.29) is 0 Å². The lowest BCUT2D eigenvalue weighted by Gasteiger charge is -2.22. The predicted octanol–water partition coefficient (Wildman–Crippen LogP) is 2.20. The maximum atomic E-state index is 5.44. The Morgan fingerprint density at radius 2 is 1.87 bits per heavy atom. The molecule has 0 atom stereocenters. The summed E-state index contributed by atoms with van der Waals surface area (Å²) >= 11 is 0. The average molecular weight is 202 g/mol. The molecule has 1 fully saturated rings. The number of benzene rings is 1. The van der Waals surface area contributed by atoms with Crippen LogP contribution in [0, 0.1) is 0 Å². The molecule has 79 valence electrons. The molecule has 0 spiro atoms. The summed E-state index contributed by atoms with van der Waals surface area (Å²) in [7, 11) is 0. The smallest absolute Gasteiger partial charge is 0.0725 e. The lowest BCUT2D eigenvalue weighted by atomic mass is 9.89. The second kappa shape index (κ2) is 3.95. The van der Waals surface area contributed by atoms with Gasteiger partial charge in [0.05, 0.1) is 13.2 Å². The molecule has 1 aromatic rings. The first-order valence-electron chi connectivity index (χ1n) is 5.76. The molecule has 0 unspecified atom stereocenters. The molecule has 3 rings (SSSR count). The molecular weight excluding hydrogens is 186 g/mol. The van der Waals surface area contributed by atoms with Crippen molar-refractivity contribution in [1.29, 1.82) is 0 Å². The van der Waals surface area contributed by atoms with Gasteiger partial charge in [0.2, 0.25) is 0 Å². The molecule has 0 saturated carbocycles. The Bertz CT molecular complexity index is 356. The number of nitrogens with zero attached hydrogens (tertiary/aromatic N) is 1. The third-order valence-corrected chi connectivity index (χ3v) is 3.49. The van der Waals surface area contributed by atoms with Gasteiger partial charge >= 0.3 is 0 Å². The van der Waals surface area contributed by atoms with Crippen molar-refractivity contribution in [2.24, 2.45) is 0 Å². The van der Waals surface area contributed by atoms with E-state index in [2.05, 4.69) is 23.5 Å². The van der Waals surface area contributed by atoms with Crippen molar-refractivity contribution in [3.05, 3.63) is 34.9 Å². The van der Waals surface area contributed by atoms with Crippen LogP contribution in [0.3, 0.4) is 0 Å². The Hall–Kier alpha value is -0.860. The SMILES string of the molecule is c1cc2c(cc1C1CC[N]CC1)COC2. The zero-order valence-electron chi connectivity index (χ0n) is 8.91. The fourth-order valence-corrected chi connectivity index (χ4v) is 2.53. The van der Waals surface area contributed by atoms with Gasteiger partial charge in [-0.3, -0.25) is 0 Å². The number of piperidine rings is 1. The van der Waals surface area contributed by atoms with E-state index in [1.807, 2.05) is 0 Å². The van der Waals surface area contributed by atoms with Crippen molar-refractivity contribution in [1.82, 2.24) is 5.32 Å². The van der Waals surface area contributed by atoms with E-state index < -0.39 is 0 Å². The quantitative estimate of drug-likeness (QED) is 0.684. The van der Waals surface area contributed by atoms with Crippen molar-refractivity contribution in [2.45, 2.75) is 32.0 Å². The van der Waals surface area contributed by atoms with Crippen LogP contribution >= 0.6 is 0 Å². The third-order valence-electron chi connectivity index (χ3n) is 3.49. The van der Waals surface area contributed by atoms with E-state index in [0.29, 0.717) is 0 Å². The Morgan fingerprint density at radius 1 is 1.07 bits per heavy atom. The Kier molecular flexibility index (Phi) is 2.47. The molecule has 0 aliphatic carbocycles. The summed E-state index contributed by atoms with van der Waals surface area (Å²) in [5, 5.41) is 4.40. The maximum absolute atomic E-state index is 5.44. The minimum absolute atomic E-state index is 0.730. The number of hydrogen-bond acceptors (Lipinski definition) is 1. The molecule has 0 aromatic heterocycles. The lowest BCUT2D eigenvalue weighted by Crippen LogP contribution is -2.21. The van der Waals surface area contributed by atoms with Gasteiger partial charge in [0, 0.05) is 13.1 Å². The van der Waals surface area contributed by atoms with Crippen LogP contribution in [-0.2, 0) is 18.0 Å². The first kappa shape index (κ1) is 9.37. The molecule has 2 nitrogen and oxygen atoms in total. The number of hydrogen-bond donors (Lipinski definition) is 0. The summed E-state index contributed by atoms with van der Waals surface area (Å²) in [4.78, 5) is 0. The number of ether oxygens (including phenoxy) is 1. The second-order valence-electron chi connectivity index (χ2n) is 4.47. The van der Waals surface area contributed by atoms with Crippen molar-refractivity contribution >= 4 is 0 Å². The van der Waals surface area contributed by atoms with Crippen molar-refractivity contribution in [3.63, 3.8) is 0 Å². The molecular formula is C13H16NO. The van der Waals surface area contributed by atoms with Crippen LogP contribution in [0.15, 0.2) is 18.2 Å². The van der Waals surface area contributed by atoms with E-state index in [9.17, 15) is 0 Å². The second-order valence-corrected chi connectivity index (χ2v) is 4.47. The predicted molar refractivity (Wildman–Crippen MR) is 58.8 cm³/mol. The van der Waals surface area contributed by atoms with Gasteiger partial charge in [0.1, 0.15) is 0 Å². The van der Waals surface area contributed by atoms with E-state index >= 15 is 0 Å². The first-order valence-corrected chi connectivity index (χ1v) is 5.76. The molecule has 15 heavy (non-hydrogen) atoms. The zero-order valence-corrected chi connectivity index (χ0v) is 8.91. The molecule has 2 heteroatoms. The fraction of sp³-hybridized carbons (Fsp3) is 0.538. The van der Waals surface area contributed by atoms with E-state index in [1.54, 1.807) is 0 Å². The first-order chi connectivity index (χ1) is 7.43. The van der Waals surface area contributed by atoms with Gasteiger partial charge in [-0.1, -0.05) is 18.2 Å². The molecule has 0 amide bonds. The summed E-state index contributed by atoms with van der Waals surface area (Å²) in [6, 6.07) is 6.87. The summed E-state index contributed by atoms with van der Waals surface area (Å²) in [5.41, 5.74) is 4.27. The summed E-state index contributed by atoms with van der Waals surface area (Å²) in [6.45, 7) is 3.69. The van der Waals surface area contributed by atoms with Gasteiger partial charge in [-0.25, -0.2) is 5.32 Å². The topological polar surface area (TPSA) is 23.3 Å². The van der Waals surface area contributed by atoms with Gasteiger partial charge in [-0.15, -0.1) is 0 Å². The number of rotatable bonds is 1. The van der Waals surface area contributed by atoms with Crippen LogP contribution in [0.25, 0.3) is 0 Å². The van der Waals surface area contributed by atoms with Gasteiger partial charge in [0.25, 0.3) is 0 Å². The monoisotopic (exact) mass is 202 g/mol. The highest BCUT2D eigenvalue weighted by Gasteiger charge is 2.18. The average Bonchev–Trinajstić information content (AvgIpc) is 2.77. The van der Waals surface area contributed by atoms with Gasteiger partial charge in [-0.2, -0.15) is 0 Å². The highest BCUT2D eigenvalue weighted by molar-refractivity contribution is 5.35. The van der Waals surface area contributed by atoms with Crippen LogP contribution in [0.2, 0.25) is 0 Å². The zero-order chi connectivity index (χ0) is 10.1. The summed E-state index contributed by atoms with van der Waals surface area (Å²) in [6.07, 6.45) is 2.44. The Morgan fingerprint density at radius 3 is 2.73 bits per heavy atom. The molecule has 0 bridgehead atoms. The molecule has 0 N–H and O–H groups in total. The highest BCUT2D eigenvalue weighted by Crippen LogP contribution is 2.29. The van der Waals surface area contributed by atoms with Crippen LogP contribution in [0.4, 0.5) is 0 Å². The van der Waals surface area contributed by atoms with Crippen LogP contribution in [-0.4, -0.2) is 13.1 Å². The minimum atomic E-state index is 0.730. The third kappa shape index (κ3) is 1.80. The van der Waals surface area contributed by atoms with Gasteiger partial charge in [0.15, 0.2) is 0 Å². The normalized spacial score (nSPS) is 21.6. The minimum Gasteiger partial charge on any atom is -0.372 e. The Balaban J connectivity index is 1.85. The van der Waals surface area contributed by atoms with E-state index in [0.717, 1.165) is 32.2 Å². The molecule has 1 aromatic carbocycles. The molecule has 2 heterocycles. The molecule has 1 radical (unpaired) electrons. The van der Waals surface area contributed by atoms with Crippen molar-refractivity contribution < 1.29 is 4.74 Å². The van der Waals surface area contributed by atoms with Gasteiger partial charge < -0.3 is 4.74 Å². The summed E-state index contributed by atoms with van der Waals surface area (Å²) in [5.74, 6) is 0.730. The van der Waals surface area contributed by atoms with E-state index in [4.69, 9.17) is 4.74 Å². The molecule has 2 aliphatic rings. The molecule has 1 saturated heterocycles. The van der Waals surface area contributed by atoms with Crippen LogP contribution in [0.5, 0.6) is 0 Å². The van der Waals surface area contributed by atoms with E-state index in [1.165, 1.54) is 29.5 Å². The van der Waals surface area contributed by atoms with Gasteiger partial charge in [-0.05, 0) is 35.4 Å². The largest absolute Gasteiger partial charge is 0.372 e. The lowest BCUT2D eigenvalue weighted by molar-refractivity contribution is 0.134. The number of fused-ring (bicyclic) bond motifs is 1. The summed E-state index contributed by atoms with van der Waals surface area (Å²) < 4.78 is 5.44. The van der Waals surface area contributed by atoms with Crippen molar-refractivity contribution in [3.8, 4) is 0 Å². The molecule has 2 aliphatic heterocycles. The maximum Gasteiger partial charge on any atom is 0.0725 e.